The molecule has 226 valence electrons. The lowest BCUT2D eigenvalue weighted by atomic mass is 10.1. The van der Waals surface area contributed by atoms with Gasteiger partial charge >= 0.3 is 0 Å². The third-order valence-corrected chi connectivity index (χ3v) is 8.25. The number of nitrogens with one attached hydrogen (secondary N) is 3. The molecule has 0 aliphatic rings. The lowest BCUT2D eigenvalue weighted by molar-refractivity contribution is -0.114. The average molecular weight is 661 g/mol. The maximum absolute atomic E-state index is 14.6. The summed E-state index contributed by atoms with van der Waals surface area (Å²) in [6.07, 6.45) is 1.18. The van der Waals surface area contributed by atoms with E-state index in [1.807, 2.05) is 0 Å². The summed E-state index contributed by atoms with van der Waals surface area (Å²) in [6, 6.07) is 25.1. The summed E-state index contributed by atoms with van der Waals surface area (Å²) in [5.41, 5.74) is 1.76. The quantitative estimate of drug-likeness (QED) is 0.105. The van der Waals surface area contributed by atoms with Crippen LogP contribution in [0.1, 0.15) is 15.9 Å². The first-order valence-electron chi connectivity index (χ1n) is 13.3. The standard InChI is InChI=1S/C33H23ClF2N4O3S2/c34-26-10-5-11-27(36)25(26)17-28(38-31(42)21-6-2-1-3-7-21)32(43)37-23-8-4-9-24(16-23)44-19-30(41)40-33-39-29(18-45-33)20-12-14-22(35)15-13-20/h1-18H,19H2,(H,37,43)(H,38,42)(H,39,40,41)/b28-17+. The molecule has 3 N–H and O–H groups in total. The third-order valence-electron chi connectivity index (χ3n) is 6.17. The second-order valence-electron chi connectivity index (χ2n) is 9.38. The van der Waals surface area contributed by atoms with Crippen molar-refractivity contribution in [2.24, 2.45) is 0 Å². The average Bonchev–Trinajstić information content (AvgIpc) is 3.50. The highest BCUT2D eigenvalue weighted by Crippen LogP contribution is 2.27. The molecule has 0 aliphatic heterocycles. The lowest BCUT2D eigenvalue weighted by Gasteiger charge is -2.13. The SMILES string of the molecule is O=C(CSc1cccc(NC(=O)/C(=C\c2c(F)cccc2Cl)NC(=O)c2ccccc2)c1)Nc1nc(-c2ccc(F)cc2)cs1. The monoisotopic (exact) mass is 660 g/mol. The van der Waals surface area contributed by atoms with Crippen molar-refractivity contribution < 1.29 is 23.2 Å². The van der Waals surface area contributed by atoms with Gasteiger partial charge in [0.25, 0.3) is 11.8 Å². The van der Waals surface area contributed by atoms with Crippen LogP contribution < -0.4 is 16.0 Å². The Hall–Kier alpha value is -4.84. The molecule has 12 heteroatoms. The molecule has 0 saturated carbocycles. The van der Waals surface area contributed by atoms with E-state index in [2.05, 4.69) is 20.9 Å². The van der Waals surface area contributed by atoms with Gasteiger partial charge in [-0.05, 0) is 72.8 Å². The highest BCUT2D eigenvalue weighted by atomic mass is 35.5. The Morgan fingerprint density at radius 3 is 2.40 bits per heavy atom. The van der Waals surface area contributed by atoms with Crippen LogP contribution in [0.15, 0.2) is 113 Å². The number of carbonyl (C=O) groups is 3. The van der Waals surface area contributed by atoms with Gasteiger partial charge in [-0.1, -0.05) is 41.9 Å². The first-order chi connectivity index (χ1) is 21.7. The number of hydrogen-bond donors (Lipinski definition) is 3. The molecule has 5 rings (SSSR count). The molecule has 0 fully saturated rings. The third kappa shape index (κ3) is 8.63. The largest absolute Gasteiger partial charge is 0.321 e. The maximum Gasteiger partial charge on any atom is 0.272 e. The Kier molecular flexibility index (Phi) is 10.4. The van der Waals surface area contributed by atoms with Crippen molar-refractivity contribution in [3.63, 3.8) is 0 Å². The Balaban J connectivity index is 1.24. The fourth-order valence-corrected chi connectivity index (χ4v) is 5.69. The van der Waals surface area contributed by atoms with Crippen LogP contribution in [-0.2, 0) is 9.59 Å². The van der Waals surface area contributed by atoms with Crippen LogP contribution in [0.25, 0.3) is 17.3 Å². The molecule has 0 saturated heterocycles. The van der Waals surface area contributed by atoms with E-state index < -0.39 is 17.6 Å². The van der Waals surface area contributed by atoms with Crippen LogP contribution in [0.5, 0.6) is 0 Å². The van der Waals surface area contributed by atoms with Gasteiger partial charge in [-0.25, -0.2) is 13.8 Å². The highest BCUT2D eigenvalue weighted by Gasteiger charge is 2.17. The minimum atomic E-state index is -0.709. The summed E-state index contributed by atoms with van der Waals surface area (Å²) in [6.45, 7) is 0. The van der Waals surface area contributed by atoms with Crippen LogP contribution in [-0.4, -0.2) is 28.5 Å². The van der Waals surface area contributed by atoms with Crippen molar-refractivity contribution in [3.8, 4) is 11.3 Å². The van der Waals surface area contributed by atoms with Gasteiger partial charge in [-0.3, -0.25) is 14.4 Å². The zero-order valence-corrected chi connectivity index (χ0v) is 25.6. The molecule has 0 radical (unpaired) electrons. The van der Waals surface area contributed by atoms with Crippen LogP contribution in [0, 0.1) is 11.6 Å². The van der Waals surface area contributed by atoms with E-state index in [9.17, 15) is 23.2 Å². The fraction of sp³-hybridized carbons (Fsp3) is 0.0303. The molecule has 4 aromatic carbocycles. The number of amides is 3. The minimum absolute atomic E-state index is 0.0574. The predicted molar refractivity (Wildman–Crippen MR) is 175 cm³/mol. The molecule has 0 unspecified atom stereocenters. The first kappa shape index (κ1) is 31.6. The van der Waals surface area contributed by atoms with Crippen molar-refractivity contribution in [1.82, 2.24) is 10.3 Å². The van der Waals surface area contributed by atoms with Crippen LogP contribution >= 0.6 is 34.7 Å². The van der Waals surface area contributed by atoms with Gasteiger partial charge in [-0.15, -0.1) is 23.1 Å². The minimum Gasteiger partial charge on any atom is -0.321 e. The second-order valence-corrected chi connectivity index (χ2v) is 11.7. The lowest BCUT2D eigenvalue weighted by Crippen LogP contribution is -2.30. The number of thiazole rings is 1. The van der Waals surface area contributed by atoms with Crippen molar-refractivity contribution in [1.29, 1.82) is 0 Å². The Morgan fingerprint density at radius 1 is 0.889 bits per heavy atom. The topological polar surface area (TPSA) is 100 Å². The van der Waals surface area contributed by atoms with Crippen molar-refractivity contribution in [2.45, 2.75) is 4.90 Å². The van der Waals surface area contributed by atoms with E-state index in [1.165, 1.54) is 59.5 Å². The van der Waals surface area contributed by atoms with E-state index in [1.54, 1.807) is 72.1 Å². The van der Waals surface area contributed by atoms with Crippen molar-refractivity contribution in [2.75, 3.05) is 16.4 Å². The number of halogens is 3. The molecule has 0 bridgehead atoms. The van der Waals surface area contributed by atoms with Gasteiger partial charge in [-0.2, -0.15) is 0 Å². The van der Waals surface area contributed by atoms with Gasteiger partial charge in [0.2, 0.25) is 5.91 Å². The zero-order chi connectivity index (χ0) is 31.8. The van der Waals surface area contributed by atoms with Gasteiger partial charge < -0.3 is 16.0 Å². The molecule has 1 heterocycles. The van der Waals surface area contributed by atoms with Crippen LogP contribution in [0.3, 0.4) is 0 Å². The molecule has 1 aromatic heterocycles. The molecule has 45 heavy (non-hydrogen) atoms. The molecule has 0 spiro atoms. The van der Waals surface area contributed by atoms with Gasteiger partial charge in [0.05, 0.1) is 16.5 Å². The number of benzene rings is 4. The number of hydrogen-bond acceptors (Lipinski definition) is 6. The van der Waals surface area contributed by atoms with Gasteiger partial charge in [0.1, 0.15) is 17.3 Å². The summed E-state index contributed by atoms with van der Waals surface area (Å²) < 4.78 is 27.8. The summed E-state index contributed by atoms with van der Waals surface area (Å²) in [5, 5.41) is 10.3. The zero-order valence-electron chi connectivity index (χ0n) is 23.2. The first-order valence-corrected chi connectivity index (χ1v) is 15.6. The Morgan fingerprint density at radius 2 is 1.64 bits per heavy atom. The summed E-state index contributed by atoms with van der Waals surface area (Å²) in [7, 11) is 0. The second kappa shape index (κ2) is 14.8. The highest BCUT2D eigenvalue weighted by molar-refractivity contribution is 8.00. The number of aromatic nitrogens is 1. The number of thioether (sulfide) groups is 1. The molecule has 5 aromatic rings. The number of carbonyl (C=O) groups excluding carboxylic acids is 3. The predicted octanol–water partition coefficient (Wildman–Crippen LogP) is 7.88. The van der Waals surface area contributed by atoms with Crippen molar-refractivity contribution >= 4 is 69.3 Å². The molecular formula is C33H23ClF2N4O3S2. The smallest absolute Gasteiger partial charge is 0.272 e. The normalized spacial score (nSPS) is 11.1. The molecule has 0 aliphatic carbocycles. The molecule has 3 amide bonds. The molecule has 7 nitrogen and oxygen atoms in total. The van der Waals surface area contributed by atoms with E-state index in [-0.39, 0.29) is 33.8 Å². The number of nitrogens with zero attached hydrogens (tertiary/aromatic N) is 1. The van der Waals surface area contributed by atoms with Crippen LogP contribution in [0.4, 0.5) is 19.6 Å². The summed E-state index contributed by atoms with van der Waals surface area (Å²) >= 11 is 8.67. The number of rotatable bonds is 10. The van der Waals surface area contributed by atoms with E-state index in [0.29, 0.717) is 27.0 Å². The fourth-order valence-electron chi connectivity index (χ4n) is 3.99. The van der Waals surface area contributed by atoms with Crippen molar-refractivity contribution in [3.05, 3.63) is 136 Å². The van der Waals surface area contributed by atoms with Gasteiger partial charge in [0, 0.05) is 32.7 Å². The Labute approximate surface area is 270 Å². The number of anilines is 2. The van der Waals surface area contributed by atoms with E-state index in [4.69, 9.17) is 11.6 Å². The molecule has 0 atom stereocenters. The van der Waals surface area contributed by atoms with E-state index in [0.717, 1.165) is 5.56 Å². The summed E-state index contributed by atoms with van der Waals surface area (Å²) in [4.78, 5) is 43.9. The summed E-state index contributed by atoms with van der Waals surface area (Å²) in [5.74, 6) is -2.51. The Bertz CT molecular complexity index is 1860. The maximum atomic E-state index is 14.6. The van der Waals surface area contributed by atoms with E-state index >= 15 is 0 Å². The molecular weight excluding hydrogens is 638 g/mol. The van der Waals surface area contributed by atoms with Gasteiger partial charge in [0.15, 0.2) is 5.13 Å². The van der Waals surface area contributed by atoms with Crippen LogP contribution in [0.2, 0.25) is 5.02 Å².